The topological polar surface area (TPSA) is 102 Å². The van der Waals surface area contributed by atoms with Gasteiger partial charge in [0.2, 0.25) is 15.9 Å². The highest BCUT2D eigenvalue weighted by Gasteiger charge is 2.27. The largest absolute Gasteiger partial charge is 0.420 e. The van der Waals surface area contributed by atoms with Gasteiger partial charge in [0.15, 0.2) is 5.58 Å². The number of nitrogens with zero attached hydrogens (tertiary/aromatic N) is 2. The molecule has 1 aliphatic heterocycles. The van der Waals surface area contributed by atoms with Crippen molar-refractivity contribution in [2.24, 2.45) is 0 Å². The normalized spacial score (nSPS) is 17.1. The minimum absolute atomic E-state index is 0.00709. The van der Waals surface area contributed by atoms with Crippen LogP contribution in [0.25, 0.3) is 11.1 Å². The van der Waals surface area contributed by atoms with Crippen molar-refractivity contribution in [3.05, 3.63) is 28.7 Å². The summed E-state index contributed by atoms with van der Waals surface area (Å²) in [7, 11) is -3.62. The van der Waals surface area contributed by atoms with Gasteiger partial charge in [0.05, 0.1) is 10.4 Å². The van der Waals surface area contributed by atoms with Crippen molar-refractivity contribution < 1.29 is 17.6 Å². The molecule has 2 heterocycles. The highest BCUT2D eigenvalue weighted by atomic mass is 32.2. The predicted molar refractivity (Wildman–Crippen MR) is 101 cm³/mol. The number of hydrogen-bond donors (Lipinski definition) is 1. The molecule has 0 radical (unpaired) electrons. The number of oxazole rings is 1. The first kappa shape index (κ1) is 19.6. The second-order valence-electron chi connectivity index (χ2n) is 6.93. The monoisotopic (exact) mass is 395 g/mol. The molecule has 27 heavy (non-hydrogen) atoms. The van der Waals surface area contributed by atoms with Gasteiger partial charge >= 0.3 is 5.76 Å². The van der Waals surface area contributed by atoms with E-state index in [0.717, 1.165) is 25.7 Å². The van der Waals surface area contributed by atoms with Crippen molar-refractivity contribution in [3.8, 4) is 0 Å². The van der Waals surface area contributed by atoms with E-state index in [0.29, 0.717) is 18.6 Å². The van der Waals surface area contributed by atoms with E-state index in [9.17, 15) is 18.0 Å². The lowest BCUT2D eigenvalue weighted by Crippen LogP contribution is -2.36. The number of piperidine rings is 1. The number of sulfonamides is 1. The van der Waals surface area contributed by atoms with E-state index in [1.165, 1.54) is 27.1 Å². The second kappa shape index (κ2) is 7.85. The van der Waals surface area contributed by atoms with Crippen LogP contribution in [0.4, 0.5) is 0 Å². The lowest BCUT2D eigenvalue weighted by molar-refractivity contribution is -0.122. The van der Waals surface area contributed by atoms with Crippen LogP contribution >= 0.6 is 0 Å². The molecule has 0 bridgehead atoms. The van der Waals surface area contributed by atoms with E-state index >= 15 is 0 Å². The average molecular weight is 395 g/mol. The van der Waals surface area contributed by atoms with Gasteiger partial charge in [0, 0.05) is 25.2 Å². The molecule has 1 saturated heterocycles. The molecule has 2 aromatic rings. The fourth-order valence-electron chi connectivity index (χ4n) is 3.18. The van der Waals surface area contributed by atoms with Gasteiger partial charge in [0.25, 0.3) is 0 Å². The summed E-state index contributed by atoms with van der Waals surface area (Å²) >= 11 is 0. The molecule has 1 aromatic heterocycles. The summed E-state index contributed by atoms with van der Waals surface area (Å²) in [5.41, 5.74) is 0.561. The molecule has 1 fully saturated rings. The van der Waals surface area contributed by atoms with Crippen LogP contribution in [-0.2, 0) is 21.4 Å². The second-order valence-corrected chi connectivity index (χ2v) is 8.86. The summed E-state index contributed by atoms with van der Waals surface area (Å²) in [6.45, 7) is 4.66. The van der Waals surface area contributed by atoms with Crippen molar-refractivity contribution >= 4 is 27.0 Å². The number of carbonyl (C=O) groups is 1. The van der Waals surface area contributed by atoms with Crippen LogP contribution in [0, 0.1) is 0 Å². The average Bonchev–Trinajstić information content (AvgIpc) is 2.96. The van der Waals surface area contributed by atoms with Gasteiger partial charge in [-0.15, -0.1) is 0 Å². The van der Waals surface area contributed by atoms with E-state index in [2.05, 4.69) is 5.32 Å². The molecule has 1 N–H and O–H groups in total. The minimum Gasteiger partial charge on any atom is -0.408 e. The van der Waals surface area contributed by atoms with Gasteiger partial charge in [-0.2, -0.15) is 4.31 Å². The number of nitrogens with one attached hydrogen (secondary N) is 1. The zero-order valence-electron chi connectivity index (χ0n) is 15.6. The SMILES string of the molecule is CC[C@@H](C)NC(=O)Cn1c(=O)oc2cc(S(=O)(=O)N3CCCCC3)ccc21. The first-order valence-corrected chi connectivity index (χ1v) is 10.7. The number of hydrogen-bond acceptors (Lipinski definition) is 5. The van der Waals surface area contributed by atoms with Gasteiger partial charge in [-0.05, 0) is 38.3 Å². The molecule has 9 heteroatoms. The first-order chi connectivity index (χ1) is 12.8. The molecule has 0 spiro atoms. The third-order valence-corrected chi connectivity index (χ3v) is 6.81. The van der Waals surface area contributed by atoms with Crippen LogP contribution in [0.3, 0.4) is 0 Å². The molecular weight excluding hydrogens is 370 g/mol. The lowest BCUT2D eigenvalue weighted by atomic mass is 10.2. The van der Waals surface area contributed by atoms with Crippen LogP contribution < -0.4 is 11.1 Å². The minimum atomic E-state index is -3.62. The van der Waals surface area contributed by atoms with Crippen molar-refractivity contribution in [2.75, 3.05) is 13.1 Å². The maximum atomic E-state index is 12.8. The van der Waals surface area contributed by atoms with Gasteiger partial charge in [-0.25, -0.2) is 13.2 Å². The number of benzene rings is 1. The first-order valence-electron chi connectivity index (χ1n) is 9.26. The number of amides is 1. The maximum Gasteiger partial charge on any atom is 0.420 e. The Morgan fingerprint density at radius 1 is 1.26 bits per heavy atom. The molecule has 0 unspecified atom stereocenters. The smallest absolute Gasteiger partial charge is 0.408 e. The third kappa shape index (κ3) is 4.08. The number of rotatable bonds is 6. The molecular formula is C18H25N3O5S. The van der Waals surface area contributed by atoms with E-state index in [4.69, 9.17) is 4.42 Å². The quantitative estimate of drug-likeness (QED) is 0.802. The number of carbonyl (C=O) groups excluding carboxylic acids is 1. The van der Waals surface area contributed by atoms with Crippen LogP contribution in [0.15, 0.2) is 32.3 Å². The Kier molecular flexibility index (Phi) is 5.71. The molecule has 8 nitrogen and oxygen atoms in total. The summed E-state index contributed by atoms with van der Waals surface area (Å²) in [6, 6.07) is 4.36. The molecule has 1 aromatic carbocycles. The van der Waals surface area contributed by atoms with Gasteiger partial charge in [0.1, 0.15) is 6.54 Å². The van der Waals surface area contributed by atoms with Crippen LogP contribution in [0.5, 0.6) is 0 Å². The van der Waals surface area contributed by atoms with E-state index in [1.807, 2.05) is 13.8 Å². The highest BCUT2D eigenvalue weighted by molar-refractivity contribution is 7.89. The van der Waals surface area contributed by atoms with Crippen molar-refractivity contribution in [3.63, 3.8) is 0 Å². The number of fused-ring (bicyclic) bond motifs is 1. The fraction of sp³-hybridized carbons (Fsp3) is 0.556. The fourth-order valence-corrected chi connectivity index (χ4v) is 4.71. The Morgan fingerprint density at radius 3 is 2.63 bits per heavy atom. The molecule has 148 valence electrons. The Labute approximate surface area is 158 Å². The summed E-state index contributed by atoms with van der Waals surface area (Å²) in [5, 5.41) is 2.80. The van der Waals surface area contributed by atoms with Crippen molar-refractivity contribution in [2.45, 2.75) is 57.0 Å². The zero-order chi connectivity index (χ0) is 19.6. The van der Waals surface area contributed by atoms with E-state index in [-0.39, 0.29) is 29.0 Å². The van der Waals surface area contributed by atoms with E-state index in [1.54, 1.807) is 0 Å². The van der Waals surface area contributed by atoms with Crippen LogP contribution in [0.1, 0.15) is 39.5 Å². The lowest BCUT2D eigenvalue weighted by Gasteiger charge is -2.25. The summed E-state index contributed by atoms with van der Waals surface area (Å²) in [5.74, 6) is -0.976. The molecule has 0 saturated carbocycles. The Bertz CT molecular complexity index is 986. The van der Waals surface area contributed by atoms with Gasteiger partial charge in [-0.1, -0.05) is 13.3 Å². The summed E-state index contributed by atoms with van der Waals surface area (Å²) in [6.07, 6.45) is 3.50. The zero-order valence-corrected chi connectivity index (χ0v) is 16.4. The van der Waals surface area contributed by atoms with E-state index < -0.39 is 15.8 Å². The Balaban J connectivity index is 1.89. The third-order valence-electron chi connectivity index (χ3n) is 4.91. The standard InChI is InChI=1S/C18H25N3O5S/c1-3-13(2)19-17(22)12-21-15-8-7-14(11-16(15)26-18(21)23)27(24,25)20-9-5-4-6-10-20/h7-8,11,13H,3-6,9-10,12H2,1-2H3,(H,19,22)/t13-/m1/s1. The molecule has 1 atom stereocenters. The molecule has 1 amide bonds. The molecule has 1 aliphatic rings. The summed E-state index contributed by atoms with van der Waals surface area (Å²) < 4.78 is 33.5. The van der Waals surface area contributed by atoms with Crippen LogP contribution in [-0.4, -0.2) is 42.3 Å². The van der Waals surface area contributed by atoms with Crippen molar-refractivity contribution in [1.29, 1.82) is 0 Å². The van der Waals surface area contributed by atoms with Gasteiger partial charge in [-0.3, -0.25) is 9.36 Å². The Morgan fingerprint density at radius 2 is 1.96 bits per heavy atom. The Hall–Kier alpha value is -2.13. The molecule has 3 rings (SSSR count). The van der Waals surface area contributed by atoms with Gasteiger partial charge < -0.3 is 9.73 Å². The predicted octanol–water partition coefficient (Wildman–Crippen LogP) is 1.68. The highest BCUT2D eigenvalue weighted by Crippen LogP contribution is 2.24. The van der Waals surface area contributed by atoms with Crippen LogP contribution in [0.2, 0.25) is 0 Å². The maximum absolute atomic E-state index is 12.8. The molecule has 0 aliphatic carbocycles. The summed E-state index contributed by atoms with van der Waals surface area (Å²) in [4.78, 5) is 24.3. The van der Waals surface area contributed by atoms with Crippen molar-refractivity contribution in [1.82, 2.24) is 14.2 Å². The number of aromatic nitrogens is 1.